The summed E-state index contributed by atoms with van der Waals surface area (Å²) in [6.45, 7) is 8.03. The third-order valence-electron chi connectivity index (χ3n) is 3.47. The molecule has 1 atom stereocenters. The van der Waals surface area contributed by atoms with Gasteiger partial charge in [-0.1, -0.05) is 0 Å². The molecule has 1 unspecified atom stereocenters. The van der Waals surface area contributed by atoms with Gasteiger partial charge in [-0.3, -0.25) is 4.98 Å². The van der Waals surface area contributed by atoms with Crippen molar-refractivity contribution in [3.8, 4) is 5.88 Å². The predicted molar refractivity (Wildman–Crippen MR) is 78.0 cm³/mol. The Bertz CT molecular complexity index is 403. The Morgan fingerprint density at radius 3 is 2.53 bits per heavy atom. The lowest BCUT2D eigenvalue weighted by atomic mass is 9.94. The van der Waals surface area contributed by atoms with Crippen molar-refractivity contribution in [1.82, 2.24) is 9.97 Å². The van der Waals surface area contributed by atoms with Crippen LogP contribution in [0.5, 0.6) is 5.88 Å². The summed E-state index contributed by atoms with van der Waals surface area (Å²) in [7, 11) is 0. The number of anilines is 1. The number of aromatic nitrogens is 2. The van der Waals surface area contributed by atoms with Crippen LogP contribution < -0.4 is 9.64 Å². The number of ether oxygens (including phenoxy) is 1. The smallest absolute Gasteiger partial charge is 0.234 e. The monoisotopic (exact) mass is 283 g/mol. The minimum atomic E-state index is 0.118. The molecule has 1 saturated heterocycles. The molecule has 2 heterocycles. The zero-order chi connectivity index (χ0) is 13.8. The molecule has 1 aliphatic rings. The van der Waals surface area contributed by atoms with Crippen molar-refractivity contribution in [2.24, 2.45) is 5.92 Å². The molecular weight excluding hydrogens is 262 g/mol. The molecule has 2 rings (SSSR count). The van der Waals surface area contributed by atoms with E-state index >= 15 is 0 Å². The van der Waals surface area contributed by atoms with Crippen LogP contribution in [0.2, 0.25) is 0 Å². The van der Waals surface area contributed by atoms with Crippen LogP contribution in [-0.4, -0.2) is 34.5 Å². The highest BCUT2D eigenvalue weighted by Crippen LogP contribution is 2.26. The van der Waals surface area contributed by atoms with Gasteiger partial charge in [0.1, 0.15) is 0 Å². The van der Waals surface area contributed by atoms with Crippen molar-refractivity contribution < 1.29 is 4.74 Å². The van der Waals surface area contributed by atoms with Gasteiger partial charge < -0.3 is 9.64 Å². The highest BCUT2D eigenvalue weighted by molar-refractivity contribution is 6.20. The molecule has 19 heavy (non-hydrogen) atoms. The van der Waals surface area contributed by atoms with Crippen LogP contribution in [0, 0.1) is 5.92 Å². The van der Waals surface area contributed by atoms with Gasteiger partial charge in [0.2, 0.25) is 5.88 Å². The van der Waals surface area contributed by atoms with E-state index in [4.69, 9.17) is 16.3 Å². The standard InChI is InChI=1S/C14H22ClN3O/c1-10(2)19-14-9-16-8-13(17-14)18-6-4-12(5-7-18)11(3)15/h8-12H,4-7H2,1-3H3. The van der Waals surface area contributed by atoms with Gasteiger partial charge in [-0.05, 0) is 39.5 Å². The number of hydrogen-bond donors (Lipinski definition) is 0. The molecule has 0 aliphatic carbocycles. The maximum atomic E-state index is 6.17. The normalized spacial score (nSPS) is 18.7. The van der Waals surface area contributed by atoms with E-state index in [0.717, 1.165) is 31.7 Å². The Kier molecular flexibility index (Phi) is 4.86. The summed E-state index contributed by atoms with van der Waals surface area (Å²) in [6.07, 6.45) is 5.81. The number of rotatable bonds is 4. The number of nitrogens with zero attached hydrogens (tertiary/aromatic N) is 3. The second-order valence-electron chi connectivity index (χ2n) is 5.38. The van der Waals surface area contributed by atoms with E-state index in [9.17, 15) is 0 Å². The molecule has 1 aromatic heterocycles. The quantitative estimate of drug-likeness (QED) is 0.796. The molecule has 0 radical (unpaired) electrons. The minimum absolute atomic E-state index is 0.118. The van der Waals surface area contributed by atoms with Crippen molar-refractivity contribution in [2.45, 2.75) is 45.1 Å². The lowest BCUT2D eigenvalue weighted by molar-refractivity contribution is 0.231. The van der Waals surface area contributed by atoms with Crippen LogP contribution in [-0.2, 0) is 0 Å². The van der Waals surface area contributed by atoms with E-state index < -0.39 is 0 Å². The first-order chi connectivity index (χ1) is 9.06. The number of piperidine rings is 1. The molecule has 1 fully saturated rings. The first kappa shape index (κ1) is 14.4. The lowest BCUT2D eigenvalue weighted by Crippen LogP contribution is -2.36. The van der Waals surface area contributed by atoms with Gasteiger partial charge in [0.15, 0.2) is 5.82 Å². The van der Waals surface area contributed by atoms with Crippen molar-refractivity contribution in [1.29, 1.82) is 0 Å². The van der Waals surface area contributed by atoms with E-state index in [1.54, 1.807) is 12.4 Å². The molecule has 1 aliphatic heterocycles. The van der Waals surface area contributed by atoms with E-state index in [0.29, 0.717) is 11.8 Å². The van der Waals surface area contributed by atoms with Crippen LogP contribution in [0.15, 0.2) is 12.4 Å². The third kappa shape index (κ3) is 3.96. The first-order valence-electron chi connectivity index (χ1n) is 6.94. The fraction of sp³-hybridized carbons (Fsp3) is 0.714. The van der Waals surface area contributed by atoms with Gasteiger partial charge in [-0.2, -0.15) is 4.98 Å². The summed E-state index contributed by atoms with van der Waals surface area (Å²) in [5, 5.41) is 0.254. The van der Waals surface area contributed by atoms with Crippen molar-refractivity contribution >= 4 is 17.4 Å². The number of halogens is 1. The zero-order valence-electron chi connectivity index (χ0n) is 11.8. The molecule has 0 amide bonds. The van der Waals surface area contributed by atoms with Crippen LogP contribution in [0.3, 0.4) is 0 Å². The average Bonchev–Trinajstić information content (AvgIpc) is 2.38. The Morgan fingerprint density at radius 2 is 1.95 bits per heavy atom. The topological polar surface area (TPSA) is 38.2 Å². The Balaban J connectivity index is 1.99. The number of alkyl halides is 1. The van der Waals surface area contributed by atoms with Crippen molar-refractivity contribution in [2.75, 3.05) is 18.0 Å². The molecule has 0 spiro atoms. The second-order valence-corrected chi connectivity index (χ2v) is 6.07. The van der Waals surface area contributed by atoms with Gasteiger partial charge in [0, 0.05) is 18.5 Å². The second kappa shape index (κ2) is 6.42. The van der Waals surface area contributed by atoms with Gasteiger partial charge in [-0.25, -0.2) is 0 Å². The fourth-order valence-electron chi connectivity index (χ4n) is 2.38. The van der Waals surface area contributed by atoms with E-state index in [1.807, 2.05) is 13.8 Å². The first-order valence-corrected chi connectivity index (χ1v) is 7.37. The van der Waals surface area contributed by atoms with Gasteiger partial charge in [0.25, 0.3) is 0 Å². The van der Waals surface area contributed by atoms with Crippen molar-refractivity contribution in [3.05, 3.63) is 12.4 Å². The molecule has 5 heteroatoms. The highest BCUT2D eigenvalue weighted by Gasteiger charge is 2.23. The summed E-state index contributed by atoms with van der Waals surface area (Å²) in [5.74, 6) is 2.11. The Morgan fingerprint density at radius 1 is 1.26 bits per heavy atom. The molecule has 0 bridgehead atoms. The zero-order valence-corrected chi connectivity index (χ0v) is 12.6. The molecular formula is C14H22ClN3O. The Hall–Kier alpha value is -1.03. The molecule has 0 aromatic carbocycles. The van der Waals surface area contributed by atoms with Crippen LogP contribution in [0.25, 0.3) is 0 Å². The fourth-order valence-corrected chi connectivity index (χ4v) is 2.63. The number of hydrogen-bond acceptors (Lipinski definition) is 4. The van der Waals surface area contributed by atoms with Gasteiger partial charge in [-0.15, -0.1) is 11.6 Å². The van der Waals surface area contributed by atoms with Crippen LogP contribution in [0.4, 0.5) is 5.82 Å². The largest absolute Gasteiger partial charge is 0.474 e. The van der Waals surface area contributed by atoms with Crippen molar-refractivity contribution in [3.63, 3.8) is 0 Å². The summed E-state index contributed by atoms with van der Waals surface area (Å²) >= 11 is 6.17. The molecule has 1 aromatic rings. The minimum Gasteiger partial charge on any atom is -0.474 e. The molecule has 0 N–H and O–H groups in total. The SMILES string of the molecule is CC(C)Oc1cncc(N2CCC(C(C)Cl)CC2)n1. The maximum absolute atomic E-state index is 6.17. The van der Waals surface area contributed by atoms with E-state index in [2.05, 4.69) is 21.8 Å². The van der Waals surface area contributed by atoms with E-state index in [-0.39, 0.29) is 11.5 Å². The van der Waals surface area contributed by atoms with Crippen LogP contribution >= 0.6 is 11.6 Å². The highest BCUT2D eigenvalue weighted by atomic mass is 35.5. The molecule has 4 nitrogen and oxygen atoms in total. The van der Waals surface area contributed by atoms with Crippen LogP contribution in [0.1, 0.15) is 33.6 Å². The predicted octanol–water partition coefficient (Wildman–Crippen LogP) is 3.11. The summed E-state index contributed by atoms with van der Waals surface area (Å²) in [6, 6.07) is 0. The summed E-state index contributed by atoms with van der Waals surface area (Å²) < 4.78 is 5.58. The maximum Gasteiger partial charge on any atom is 0.234 e. The lowest BCUT2D eigenvalue weighted by Gasteiger charge is -2.33. The molecule has 0 saturated carbocycles. The third-order valence-corrected chi connectivity index (χ3v) is 3.83. The summed E-state index contributed by atoms with van der Waals surface area (Å²) in [5.41, 5.74) is 0. The van der Waals surface area contributed by atoms with Gasteiger partial charge >= 0.3 is 0 Å². The Labute approximate surface area is 120 Å². The summed E-state index contributed by atoms with van der Waals surface area (Å²) in [4.78, 5) is 11.0. The van der Waals surface area contributed by atoms with E-state index in [1.165, 1.54) is 0 Å². The van der Waals surface area contributed by atoms with Gasteiger partial charge in [0.05, 0.1) is 18.5 Å². The molecule has 106 valence electrons. The average molecular weight is 284 g/mol.